The summed E-state index contributed by atoms with van der Waals surface area (Å²) in [6.45, 7) is 0. The Morgan fingerprint density at radius 2 is 1.72 bits per heavy atom. The Bertz CT molecular complexity index is 875. The number of carbonyl (C=O) groups is 1. The quantitative estimate of drug-likeness (QED) is 0.783. The number of furan rings is 1. The number of nitrogens with zero attached hydrogens (tertiary/aromatic N) is 1. The van der Waals surface area contributed by atoms with Crippen LogP contribution in [0, 0.1) is 0 Å². The summed E-state index contributed by atoms with van der Waals surface area (Å²) in [6, 6.07) is 4.08. The van der Waals surface area contributed by atoms with E-state index in [1.165, 1.54) is 29.5 Å². The van der Waals surface area contributed by atoms with Crippen LogP contribution >= 0.6 is 0 Å². The normalized spacial score (nSPS) is 15.2. The molecule has 4 rings (SSSR count). The van der Waals surface area contributed by atoms with Gasteiger partial charge in [0.05, 0.1) is 6.26 Å². The molecule has 0 fully saturated rings. The van der Waals surface area contributed by atoms with Gasteiger partial charge in [0.2, 0.25) is 15.1 Å². The van der Waals surface area contributed by atoms with Crippen molar-refractivity contribution >= 4 is 21.7 Å². The number of carbonyl (C=O) groups excluding carboxylic acids is 1. The summed E-state index contributed by atoms with van der Waals surface area (Å²) < 4.78 is 32.2. The summed E-state index contributed by atoms with van der Waals surface area (Å²) in [5, 5.41) is 2.40. The molecule has 8 heteroatoms. The van der Waals surface area contributed by atoms with Gasteiger partial charge < -0.3 is 14.5 Å². The van der Waals surface area contributed by atoms with Crippen LogP contribution in [0.1, 0.15) is 35.1 Å². The van der Waals surface area contributed by atoms with E-state index in [9.17, 15) is 13.2 Å². The van der Waals surface area contributed by atoms with Gasteiger partial charge in [-0.1, -0.05) is 6.07 Å². The van der Waals surface area contributed by atoms with E-state index in [-0.39, 0.29) is 56.5 Å². The molecule has 2 amide bonds. The van der Waals surface area contributed by atoms with E-state index in [0.717, 1.165) is 55.3 Å². The molecule has 0 spiro atoms. The summed E-state index contributed by atoms with van der Waals surface area (Å²) in [5.41, 5.74) is 5.57. The minimum absolute atomic E-state index is 0. The van der Waals surface area contributed by atoms with Crippen LogP contribution in [0.2, 0.25) is 0 Å². The van der Waals surface area contributed by atoms with Crippen molar-refractivity contribution in [2.45, 2.75) is 43.6 Å². The van der Waals surface area contributed by atoms with Gasteiger partial charge in [-0.2, -0.15) is 0 Å². The van der Waals surface area contributed by atoms with Crippen LogP contribution in [-0.2, 0) is 35.7 Å². The third-order valence-corrected chi connectivity index (χ3v) is 5.80. The summed E-state index contributed by atoms with van der Waals surface area (Å²) in [6.07, 6.45) is 7.18. The maximum absolute atomic E-state index is 12.2. The maximum Gasteiger partial charge on any atom is 1.00 e. The summed E-state index contributed by atoms with van der Waals surface area (Å²) in [5.74, 6) is 0. The first kappa shape index (κ1) is 19.1. The number of aryl methyl sites for hydroxylation is 2. The van der Waals surface area contributed by atoms with Crippen molar-refractivity contribution in [2.75, 3.05) is 5.32 Å². The van der Waals surface area contributed by atoms with Crippen molar-refractivity contribution in [2.24, 2.45) is 0 Å². The Labute approximate surface area is 189 Å². The second kappa shape index (κ2) is 7.54. The standard InChI is InChI=1S/C17H18N2O4S.K/c20-17(19-24(21,22)15-8-3-9-23-15)18-16-13-6-1-4-11(13)10-12-5-2-7-14(12)16;/h3,8-10H,1-2,4-7H2,(H2,18,19,20);/q;+1/p-1. The topological polar surface area (TPSA) is 90.5 Å². The van der Waals surface area contributed by atoms with E-state index in [0.29, 0.717) is 0 Å². The molecule has 6 nitrogen and oxygen atoms in total. The predicted molar refractivity (Wildman–Crippen MR) is 88.8 cm³/mol. The van der Waals surface area contributed by atoms with Crippen LogP contribution in [0.25, 0.3) is 4.72 Å². The molecule has 1 aromatic heterocycles. The Morgan fingerprint density at radius 1 is 1.08 bits per heavy atom. The molecule has 126 valence electrons. The molecule has 1 heterocycles. The van der Waals surface area contributed by atoms with Crippen molar-refractivity contribution < 1.29 is 69.0 Å². The van der Waals surface area contributed by atoms with E-state index in [4.69, 9.17) is 4.42 Å². The number of fused-ring (bicyclic) bond motifs is 2. The minimum Gasteiger partial charge on any atom is -0.453 e. The van der Waals surface area contributed by atoms with Gasteiger partial charge in [0, 0.05) is 0 Å². The van der Waals surface area contributed by atoms with Crippen LogP contribution in [0.4, 0.5) is 10.5 Å². The number of hydrogen-bond acceptors (Lipinski definition) is 4. The number of benzene rings is 1. The van der Waals surface area contributed by atoms with Gasteiger partial charge in [-0.3, -0.25) is 4.79 Å². The predicted octanol–water partition coefficient (Wildman–Crippen LogP) is 0.555. The van der Waals surface area contributed by atoms with Gasteiger partial charge in [-0.05, 0) is 78.6 Å². The Kier molecular flexibility index (Phi) is 5.77. The zero-order valence-electron chi connectivity index (χ0n) is 14.0. The fraction of sp³-hybridized carbons (Fsp3) is 0.353. The van der Waals surface area contributed by atoms with Gasteiger partial charge in [0.1, 0.15) is 0 Å². The van der Waals surface area contributed by atoms with Crippen molar-refractivity contribution in [1.29, 1.82) is 0 Å². The molecule has 2 aromatic rings. The van der Waals surface area contributed by atoms with Gasteiger partial charge in [0.25, 0.3) is 0 Å². The zero-order chi connectivity index (χ0) is 16.7. The first-order valence-electron chi connectivity index (χ1n) is 8.03. The average Bonchev–Trinajstić information content (AvgIpc) is 3.27. The molecule has 0 bridgehead atoms. The molecule has 2 aliphatic carbocycles. The molecule has 1 aromatic carbocycles. The molecule has 0 unspecified atom stereocenters. The van der Waals surface area contributed by atoms with E-state index in [1.54, 1.807) is 0 Å². The minimum atomic E-state index is -4.12. The van der Waals surface area contributed by atoms with E-state index >= 15 is 0 Å². The molecule has 0 saturated heterocycles. The van der Waals surface area contributed by atoms with Crippen molar-refractivity contribution in [3.05, 3.63) is 51.4 Å². The third-order valence-electron chi connectivity index (χ3n) is 4.66. The largest absolute Gasteiger partial charge is 1.00 e. The van der Waals surface area contributed by atoms with E-state index in [1.807, 2.05) is 0 Å². The summed E-state index contributed by atoms with van der Waals surface area (Å²) in [7, 11) is -4.12. The summed E-state index contributed by atoms with van der Waals surface area (Å²) in [4.78, 5) is 12.2. The number of anilines is 1. The van der Waals surface area contributed by atoms with Crippen LogP contribution < -0.4 is 56.7 Å². The number of rotatable bonds is 3. The Balaban J connectivity index is 0.00000182. The summed E-state index contributed by atoms with van der Waals surface area (Å²) >= 11 is 0. The van der Waals surface area contributed by atoms with E-state index in [2.05, 4.69) is 16.1 Å². The molecule has 0 saturated carbocycles. The van der Waals surface area contributed by atoms with Crippen LogP contribution in [0.5, 0.6) is 0 Å². The second-order valence-corrected chi connectivity index (χ2v) is 7.70. The smallest absolute Gasteiger partial charge is 0.453 e. The van der Waals surface area contributed by atoms with Crippen LogP contribution in [-0.4, -0.2) is 14.4 Å². The number of nitrogens with one attached hydrogen (secondary N) is 1. The van der Waals surface area contributed by atoms with Gasteiger partial charge >= 0.3 is 51.4 Å². The fourth-order valence-electron chi connectivity index (χ4n) is 3.66. The maximum atomic E-state index is 12.2. The third kappa shape index (κ3) is 3.74. The molecule has 0 aliphatic heterocycles. The van der Waals surface area contributed by atoms with Gasteiger partial charge in [0.15, 0.2) is 6.03 Å². The van der Waals surface area contributed by atoms with Crippen molar-refractivity contribution in [3.8, 4) is 0 Å². The number of sulfonamides is 1. The van der Waals surface area contributed by atoms with Crippen LogP contribution in [0.15, 0.2) is 34.0 Å². The second-order valence-electron chi connectivity index (χ2n) is 6.16. The molecule has 0 atom stereocenters. The monoisotopic (exact) mass is 384 g/mol. The Hall–Kier alpha value is -0.644. The molecular weight excluding hydrogens is 367 g/mol. The number of hydrogen-bond donors (Lipinski definition) is 1. The van der Waals surface area contributed by atoms with Gasteiger partial charge in [-0.25, -0.2) is 8.42 Å². The Morgan fingerprint density at radius 3 is 2.28 bits per heavy atom. The zero-order valence-corrected chi connectivity index (χ0v) is 18.0. The molecule has 2 aliphatic rings. The first-order valence-corrected chi connectivity index (χ1v) is 9.47. The first-order chi connectivity index (χ1) is 11.5. The molecule has 1 N–H and O–H groups in total. The SMILES string of the molecule is O=C([N-]S(=O)(=O)c1ccco1)Nc1c2c(cc3c1CCC3)CCC2.[K+]. The number of urea groups is 1. The van der Waals surface area contributed by atoms with Crippen molar-refractivity contribution in [1.82, 2.24) is 0 Å². The van der Waals surface area contributed by atoms with Gasteiger partial charge in [-0.15, -0.1) is 0 Å². The molecule has 25 heavy (non-hydrogen) atoms. The van der Waals surface area contributed by atoms with E-state index < -0.39 is 16.1 Å². The molecule has 0 radical (unpaired) electrons. The number of amides is 2. The molecular formula is C17H17KN2O4S. The van der Waals surface area contributed by atoms with Crippen LogP contribution in [0.3, 0.4) is 0 Å². The average molecular weight is 384 g/mol. The van der Waals surface area contributed by atoms with Crippen molar-refractivity contribution in [3.63, 3.8) is 0 Å². The fourth-order valence-corrected chi connectivity index (χ4v) is 4.44.